The van der Waals surface area contributed by atoms with Crippen molar-refractivity contribution in [2.45, 2.75) is 63.5 Å². The van der Waals surface area contributed by atoms with Crippen LogP contribution in [-0.2, 0) is 22.6 Å². The summed E-state index contributed by atoms with van der Waals surface area (Å²) in [6, 6.07) is 12.0. The van der Waals surface area contributed by atoms with Crippen LogP contribution >= 0.6 is 0 Å². The number of nitrogens with zero attached hydrogens (tertiary/aromatic N) is 2. The van der Waals surface area contributed by atoms with Gasteiger partial charge in [-0.2, -0.15) is 0 Å². The number of rotatable bonds is 4. The van der Waals surface area contributed by atoms with Crippen LogP contribution in [0.3, 0.4) is 0 Å². The Hall–Kier alpha value is -2.56. The molecule has 1 aromatic heterocycles. The van der Waals surface area contributed by atoms with E-state index in [1.165, 1.54) is 17.5 Å². The Morgan fingerprint density at radius 2 is 1.58 bits per heavy atom. The molecule has 3 heterocycles. The topological polar surface area (TPSA) is 53.8 Å². The van der Waals surface area contributed by atoms with Gasteiger partial charge in [-0.15, -0.1) is 0 Å². The third kappa shape index (κ3) is 3.38. The maximum Gasteiger partial charge on any atom is 0.245 e. The molecule has 2 aliphatic carbocycles. The highest BCUT2D eigenvalue weighted by Crippen LogP contribution is 2.53. The zero-order chi connectivity index (χ0) is 21.1. The van der Waals surface area contributed by atoms with Crippen LogP contribution in [0.1, 0.15) is 67.1 Å². The minimum Gasteiger partial charge on any atom is -0.465 e. The first kappa shape index (κ1) is 19.1. The van der Waals surface area contributed by atoms with Crippen LogP contribution in [0.4, 0.5) is 0 Å². The summed E-state index contributed by atoms with van der Waals surface area (Å²) in [7, 11) is 0. The number of amides is 2. The summed E-state index contributed by atoms with van der Waals surface area (Å²) in [4.78, 5) is 30.8. The monoisotopic (exact) mass is 418 g/mol. The van der Waals surface area contributed by atoms with Crippen molar-refractivity contribution in [2.24, 2.45) is 11.8 Å². The van der Waals surface area contributed by atoms with Gasteiger partial charge in [-0.1, -0.05) is 31.2 Å². The molecule has 2 aliphatic heterocycles. The molecule has 0 spiro atoms. The highest BCUT2D eigenvalue weighted by Gasteiger charge is 2.51. The quantitative estimate of drug-likeness (QED) is 0.752. The number of benzene rings is 1. The Kier molecular flexibility index (Phi) is 4.48. The van der Waals surface area contributed by atoms with Crippen molar-refractivity contribution in [3.05, 3.63) is 59.0 Å². The van der Waals surface area contributed by atoms with E-state index < -0.39 is 0 Å². The van der Waals surface area contributed by atoms with Crippen molar-refractivity contribution in [3.8, 4) is 0 Å². The number of hydrogen-bond acceptors (Lipinski definition) is 3. The van der Waals surface area contributed by atoms with E-state index in [1.807, 2.05) is 21.9 Å². The lowest BCUT2D eigenvalue weighted by atomic mass is 9.92. The molecule has 2 aromatic rings. The third-order valence-corrected chi connectivity index (χ3v) is 7.83. The lowest BCUT2D eigenvalue weighted by Crippen LogP contribution is -2.53. The van der Waals surface area contributed by atoms with E-state index in [2.05, 4.69) is 31.2 Å². The normalized spacial score (nSPS) is 31.5. The molecule has 162 valence electrons. The van der Waals surface area contributed by atoms with E-state index in [0.29, 0.717) is 24.8 Å². The zero-order valence-corrected chi connectivity index (χ0v) is 18.1. The fraction of sp³-hybridized carbons (Fsp3) is 0.538. The van der Waals surface area contributed by atoms with Gasteiger partial charge in [0.2, 0.25) is 11.8 Å². The lowest BCUT2D eigenvalue weighted by molar-refractivity contribution is -0.147. The maximum absolute atomic E-state index is 13.6. The van der Waals surface area contributed by atoms with Crippen LogP contribution < -0.4 is 0 Å². The second-order valence-corrected chi connectivity index (χ2v) is 10.00. The molecule has 5 atom stereocenters. The van der Waals surface area contributed by atoms with Gasteiger partial charge in [0.05, 0.1) is 0 Å². The van der Waals surface area contributed by atoms with Crippen molar-refractivity contribution in [3.63, 3.8) is 0 Å². The molecule has 4 aliphatic rings. The number of carbonyl (C=O) groups is 2. The molecule has 3 fully saturated rings. The molecule has 1 saturated heterocycles. The van der Waals surface area contributed by atoms with Crippen LogP contribution in [0, 0.1) is 11.8 Å². The van der Waals surface area contributed by atoms with Crippen molar-refractivity contribution >= 4 is 11.8 Å². The average Bonchev–Trinajstić information content (AvgIpc) is 3.58. The van der Waals surface area contributed by atoms with Crippen molar-refractivity contribution < 1.29 is 14.0 Å². The smallest absolute Gasteiger partial charge is 0.245 e. The standard InChI is InChI=1S/C26H30N2O3/c1-16-12-19(16)23-8-9-24(31-23)20-14-21(20)25(29)28-15-18-7-3-2-6-17(18)13-22(28)26(30)27-10-4-5-11-27/h2-3,6-9,16,19-22H,4-5,10-15H2,1H3. The largest absolute Gasteiger partial charge is 0.465 e. The minimum atomic E-state index is -0.374. The first-order chi connectivity index (χ1) is 15.1. The number of hydrogen-bond donors (Lipinski definition) is 0. The van der Waals surface area contributed by atoms with Gasteiger partial charge in [0.15, 0.2) is 0 Å². The molecule has 5 nitrogen and oxygen atoms in total. The third-order valence-electron chi connectivity index (χ3n) is 7.83. The van der Waals surface area contributed by atoms with E-state index in [9.17, 15) is 9.59 Å². The van der Waals surface area contributed by atoms with Crippen LogP contribution in [0.15, 0.2) is 40.8 Å². The Morgan fingerprint density at radius 1 is 0.903 bits per heavy atom. The molecule has 2 saturated carbocycles. The van der Waals surface area contributed by atoms with Crippen molar-refractivity contribution in [1.82, 2.24) is 9.80 Å². The number of carbonyl (C=O) groups excluding carboxylic acids is 2. The lowest BCUT2D eigenvalue weighted by Gasteiger charge is -2.38. The van der Waals surface area contributed by atoms with Crippen molar-refractivity contribution in [2.75, 3.05) is 13.1 Å². The summed E-state index contributed by atoms with van der Waals surface area (Å²) in [5.74, 6) is 3.64. The Labute approximate surface area is 183 Å². The SMILES string of the molecule is CC1CC1c1ccc(C2CC2C(=O)N2Cc3ccccc3CC2C(=O)N2CCCC2)o1. The van der Waals surface area contributed by atoms with E-state index >= 15 is 0 Å². The second-order valence-electron chi connectivity index (χ2n) is 10.00. The molecule has 5 heteroatoms. The average molecular weight is 419 g/mol. The molecule has 0 bridgehead atoms. The maximum atomic E-state index is 13.6. The fourth-order valence-electron chi connectivity index (χ4n) is 5.60. The van der Waals surface area contributed by atoms with Crippen LogP contribution in [-0.4, -0.2) is 40.7 Å². The highest BCUT2D eigenvalue weighted by atomic mass is 16.3. The Bertz CT molecular complexity index is 1020. The number of fused-ring (bicyclic) bond motifs is 1. The van der Waals surface area contributed by atoms with Gasteiger partial charge in [-0.05, 0) is 54.9 Å². The first-order valence-electron chi connectivity index (χ1n) is 11.9. The first-order valence-corrected chi connectivity index (χ1v) is 11.9. The minimum absolute atomic E-state index is 0.0604. The van der Waals surface area contributed by atoms with Gasteiger partial charge in [0.25, 0.3) is 0 Å². The summed E-state index contributed by atoms with van der Waals surface area (Å²) in [6.45, 7) is 4.42. The van der Waals surface area contributed by atoms with Gasteiger partial charge in [-0.3, -0.25) is 9.59 Å². The summed E-state index contributed by atoms with van der Waals surface area (Å²) >= 11 is 0. The molecule has 6 rings (SSSR count). The predicted octanol–water partition coefficient (Wildman–Crippen LogP) is 4.08. The molecule has 31 heavy (non-hydrogen) atoms. The predicted molar refractivity (Wildman–Crippen MR) is 116 cm³/mol. The van der Waals surface area contributed by atoms with Gasteiger partial charge in [-0.25, -0.2) is 0 Å². The Balaban J connectivity index is 1.22. The Morgan fingerprint density at radius 3 is 2.29 bits per heavy atom. The molecule has 0 radical (unpaired) electrons. The van der Waals surface area contributed by atoms with E-state index in [-0.39, 0.29) is 29.7 Å². The molecule has 5 unspecified atom stereocenters. The van der Waals surface area contributed by atoms with Gasteiger partial charge < -0.3 is 14.2 Å². The fourth-order valence-corrected chi connectivity index (χ4v) is 5.60. The molecular formula is C26H30N2O3. The van der Waals surface area contributed by atoms with Gasteiger partial charge >= 0.3 is 0 Å². The second kappa shape index (κ2) is 7.25. The van der Waals surface area contributed by atoms with Crippen LogP contribution in [0.2, 0.25) is 0 Å². The molecule has 2 amide bonds. The van der Waals surface area contributed by atoms with Crippen molar-refractivity contribution in [1.29, 1.82) is 0 Å². The van der Waals surface area contributed by atoms with Crippen LogP contribution in [0.5, 0.6) is 0 Å². The van der Waals surface area contributed by atoms with E-state index in [0.717, 1.165) is 43.9 Å². The number of furan rings is 1. The number of likely N-dealkylation sites (tertiary alicyclic amines) is 1. The van der Waals surface area contributed by atoms with Gasteiger partial charge in [0.1, 0.15) is 17.6 Å². The summed E-state index contributed by atoms with van der Waals surface area (Å²) in [5.41, 5.74) is 2.37. The molecule has 0 N–H and O–H groups in total. The summed E-state index contributed by atoms with van der Waals surface area (Å²) < 4.78 is 6.14. The van der Waals surface area contributed by atoms with E-state index in [4.69, 9.17) is 4.42 Å². The van der Waals surface area contributed by atoms with Crippen LogP contribution in [0.25, 0.3) is 0 Å². The molecule has 1 aromatic carbocycles. The zero-order valence-electron chi connectivity index (χ0n) is 18.1. The van der Waals surface area contributed by atoms with Gasteiger partial charge in [0, 0.05) is 43.8 Å². The summed E-state index contributed by atoms with van der Waals surface area (Å²) in [6.07, 6.45) is 4.78. The summed E-state index contributed by atoms with van der Waals surface area (Å²) in [5, 5.41) is 0. The highest BCUT2D eigenvalue weighted by molar-refractivity contribution is 5.91. The van der Waals surface area contributed by atoms with E-state index in [1.54, 1.807) is 0 Å². The molecular weight excluding hydrogens is 388 g/mol.